The fourth-order valence-electron chi connectivity index (χ4n) is 2.91. The van der Waals surface area contributed by atoms with Gasteiger partial charge in [0.15, 0.2) is 0 Å². The first-order valence-corrected chi connectivity index (χ1v) is 10.1. The Morgan fingerprint density at radius 3 is 2.40 bits per heavy atom. The second kappa shape index (κ2) is 8.55. The normalized spacial score (nSPS) is 12.0. The van der Waals surface area contributed by atoms with Crippen molar-refractivity contribution in [2.75, 3.05) is 5.32 Å². The number of nitrogens with zero attached hydrogens (tertiary/aromatic N) is 3. The molecule has 0 fully saturated rings. The van der Waals surface area contributed by atoms with E-state index in [1.165, 1.54) is 0 Å². The van der Waals surface area contributed by atoms with E-state index in [0.29, 0.717) is 27.3 Å². The number of amides is 1. The fraction of sp³-hybridized carbons (Fsp3) is 0.174. The van der Waals surface area contributed by atoms with E-state index in [1.807, 2.05) is 37.3 Å². The number of halogens is 1. The Bertz CT molecular complexity index is 1170. The highest BCUT2D eigenvalue weighted by atomic mass is 35.5. The van der Waals surface area contributed by atoms with Crippen molar-refractivity contribution >= 4 is 34.2 Å². The molecule has 152 valence electrons. The van der Waals surface area contributed by atoms with E-state index in [1.54, 1.807) is 41.2 Å². The van der Waals surface area contributed by atoms with E-state index < -0.39 is 0 Å². The van der Waals surface area contributed by atoms with Gasteiger partial charge in [0.2, 0.25) is 0 Å². The number of carbonyl (C=O) groups excluding carboxylic acids is 1. The number of ether oxygens (including phenoxy) is 1. The van der Waals surface area contributed by atoms with E-state index >= 15 is 0 Å². The lowest BCUT2D eigenvalue weighted by molar-refractivity contribution is 0.102. The molecule has 4 aromatic rings. The predicted octanol–water partition coefficient (Wildman–Crippen LogP) is 5.50. The van der Waals surface area contributed by atoms with Crippen molar-refractivity contribution in [3.8, 4) is 11.4 Å². The second-order valence-electron chi connectivity index (χ2n) is 6.96. The molecule has 1 atom stereocenters. The Morgan fingerprint density at radius 2 is 1.73 bits per heavy atom. The summed E-state index contributed by atoms with van der Waals surface area (Å²) in [5.41, 5.74) is 3.11. The molecule has 1 amide bonds. The van der Waals surface area contributed by atoms with Gasteiger partial charge in [-0.25, -0.2) is 0 Å². The zero-order valence-corrected chi connectivity index (χ0v) is 17.4. The van der Waals surface area contributed by atoms with Gasteiger partial charge in [0.05, 0.1) is 22.5 Å². The van der Waals surface area contributed by atoms with Gasteiger partial charge in [-0.2, -0.15) is 4.80 Å². The lowest BCUT2D eigenvalue weighted by Crippen LogP contribution is -2.13. The molecule has 0 aliphatic rings. The van der Waals surface area contributed by atoms with Crippen LogP contribution in [0, 0.1) is 0 Å². The number of hydrogen-bond acceptors (Lipinski definition) is 4. The molecule has 6 nitrogen and oxygen atoms in total. The van der Waals surface area contributed by atoms with Crippen molar-refractivity contribution in [2.45, 2.75) is 26.4 Å². The summed E-state index contributed by atoms with van der Waals surface area (Å²) in [5.74, 6) is 0.472. The maximum atomic E-state index is 12.7. The molecule has 0 bridgehead atoms. The van der Waals surface area contributed by atoms with Crippen LogP contribution in [0.25, 0.3) is 16.7 Å². The first-order chi connectivity index (χ1) is 14.5. The molecular formula is C23H21ClN4O2. The highest BCUT2D eigenvalue weighted by Crippen LogP contribution is 2.27. The van der Waals surface area contributed by atoms with Gasteiger partial charge in [-0.15, -0.1) is 10.2 Å². The van der Waals surface area contributed by atoms with E-state index in [0.717, 1.165) is 17.9 Å². The van der Waals surface area contributed by atoms with Crippen LogP contribution in [0.2, 0.25) is 5.02 Å². The molecule has 0 radical (unpaired) electrons. The standard InChI is InChI=1S/C23H21ClN4O2/c1-3-15(2)30-18-11-9-16(10-12-18)23(29)25-20-14-22-21(13-19(20)24)26-28(27-22)17-7-5-4-6-8-17/h4-15H,3H2,1-2H3,(H,25,29)/t15-/m1/s1. The summed E-state index contributed by atoms with van der Waals surface area (Å²) >= 11 is 6.38. The second-order valence-corrected chi connectivity index (χ2v) is 7.37. The van der Waals surface area contributed by atoms with E-state index in [-0.39, 0.29) is 12.0 Å². The molecule has 0 spiro atoms. The van der Waals surface area contributed by atoms with Gasteiger partial charge in [0, 0.05) is 5.56 Å². The first kappa shape index (κ1) is 19.9. The van der Waals surface area contributed by atoms with Gasteiger partial charge in [0.1, 0.15) is 16.8 Å². The highest BCUT2D eigenvalue weighted by Gasteiger charge is 2.13. The maximum absolute atomic E-state index is 12.7. The minimum atomic E-state index is -0.262. The van der Waals surface area contributed by atoms with Crippen LogP contribution < -0.4 is 10.1 Å². The maximum Gasteiger partial charge on any atom is 0.255 e. The monoisotopic (exact) mass is 420 g/mol. The van der Waals surface area contributed by atoms with Crippen LogP contribution in [0.4, 0.5) is 5.69 Å². The quantitative estimate of drug-likeness (QED) is 0.447. The molecule has 0 saturated carbocycles. The Labute approximate surface area is 179 Å². The van der Waals surface area contributed by atoms with Crippen LogP contribution in [-0.2, 0) is 0 Å². The molecule has 1 N–H and O–H groups in total. The lowest BCUT2D eigenvalue weighted by atomic mass is 10.2. The molecule has 0 unspecified atom stereocenters. The number of fused-ring (bicyclic) bond motifs is 1. The average Bonchev–Trinajstić information content (AvgIpc) is 3.17. The SMILES string of the molecule is CC[C@@H](C)Oc1ccc(C(=O)Nc2cc3nn(-c4ccccc4)nc3cc2Cl)cc1. The van der Waals surface area contributed by atoms with E-state index in [2.05, 4.69) is 22.4 Å². The Morgan fingerprint density at radius 1 is 1.07 bits per heavy atom. The number of rotatable bonds is 6. The summed E-state index contributed by atoms with van der Waals surface area (Å²) in [6.07, 6.45) is 1.04. The zero-order valence-electron chi connectivity index (χ0n) is 16.7. The molecule has 1 aromatic heterocycles. The number of aromatic nitrogens is 3. The van der Waals surface area contributed by atoms with Crippen LogP contribution in [0.15, 0.2) is 66.7 Å². The molecule has 3 aromatic carbocycles. The smallest absolute Gasteiger partial charge is 0.255 e. The minimum absolute atomic E-state index is 0.125. The van der Waals surface area contributed by atoms with Crippen molar-refractivity contribution in [2.24, 2.45) is 0 Å². The summed E-state index contributed by atoms with van der Waals surface area (Å²) in [5, 5.41) is 12.2. The van der Waals surface area contributed by atoms with Crippen LogP contribution in [-0.4, -0.2) is 27.0 Å². The van der Waals surface area contributed by atoms with Crippen LogP contribution in [0.3, 0.4) is 0 Å². The Kier molecular flexibility index (Phi) is 5.68. The molecule has 1 heterocycles. The molecule has 4 rings (SSSR count). The lowest BCUT2D eigenvalue weighted by Gasteiger charge is -2.13. The molecule has 0 aliphatic carbocycles. The summed E-state index contributed by atoms with van der Waals surface area (Å²) < 4.78 is 5.75. The Balaban J connectivity index is 1.54. The van der Waals surface area contributed by atoms with E-state index in [9.17, 15) is 4.79 Å². The molecule has 0 saturated heterocycles. The number of benzene rings is 3. The van der Waals surface area contributed by atoms with Crippen molar-refractivity contribution in [1.29, 1.82) is 0 Å². The molecular weight excluding hydrogens is 400 g/mol. The van der Waals surface area contributed by atoms with E-state index in [4.69, 9.17) is 16.3 Å². The number of carbonyl (C=O) groups is 1. The van der Waals surface area contributed by atoms with Gasteiger partial charge in [-0.3, -0.25) is 4.79 Å². The van der Waals surface area contributed by atoms with Gasteiger partial charge in [-0.05, 0) is 61.9 Å². The summed E-state index contributed by atoms with van der Waals surface area (Å²) in [4.78, 5) is 14.2. The van der Waals surface area contributed by atoms with Crippen molar-refractivity contribution in [3.05, 3.63) is 77.3 Å². The summed E-state index contributed by atoms with van der Waals surface area (Å²) in [6, 6.07) is 20.0. The number of anilines is 1. The fourth-order valence-corrected chi connectivity index (χ4v) is 3.11. The van der Waals surface area contributed by atoms with Gasteiger partial charge in [-0.1, -0.05) is 36.7 Å². The largest absolute Gasteiger partial charge is 0.491 e. The average molecular weight is 421 g/mol. The number of para-hydroxylation sites is 1. The Hall–Kier alpha value is -3.38. The zero-order chi connectivity index (χ0) is 21.1. The predicted molar refractivity (Wildman–Crippen MR) is 119 cm³/mol. The molecule has 30 heavy (non-hydrogen) atoms. The summed E-state index contributed by atoms with van der Waals surface area (Å²) in [6.45, 7) is 4.07. The van der Waals surface area contributed by atoms with Gasteiger partial charge < -0.3 is 10.1 Å². The third-order valence-corrected chi connectivity index (χ3v) is 5.05. The van der Waals surface area contributed by atoms with Crippen LogP contribution in [0.5, 0.6) is 5.75 Å². The van der Waals surface area contributed by atoms with Crippen molar-refractivity contribution < 1.29 is 9.53 Å². The highest BCUT2D eigenvalue weighted by molar-refractivity contribution is 6.34. The number of hydrogen-bond donors (Lipinski definition) is 1. The minimum Gasteiger partial charge on any atom is -0.491 e. The van der Waals surface area contributed by atoms with Gasteiger partial charge in [0.25, 0.3) is 5.91 Å². The van der Waals surface area contributed by atoms with Crippen molar-refractivity contribution in [1.82, 2.24) is 15.0 Å². The number of nitrogens with one attached hydrogen (secondary N) is 1. The van der Waals surface area contributed by atoms with Gasteiger partial charge >= 0.3 is 0 Å². The third-order valence-electron chi connectivity index (χ3n) is 4.73. The third kappa shape index (κ3) is 4.28. The summed E-state index contributed by atoms with van der Waals surface area (Å²) in [7, 11) is 0. The van der Waals surface area contributed by atoms with Crippen LogP contribution >= 0.6 is 11.6 Å². The van der Waals surface area contributed by atoms with Crippen molar-refractivity contribution in [3.63, 3.8) is 0 Å². The molecule has 7 heteroatoms. The topological polar surface area (TPSA) is 69.0 Å². The van der Waals surface area contributed by atoms with Crippen LogP contribution in [0.1, 0.15) is 30.6 Å². The molecule has 0 aliphatic heterocycles. The first-order valence-electron chi connectivity index (χ1n) is 9.73.